The minimum atomic E-state index is 0.634. The Morgan fingerprint density at radius 1 is 0.818 bits per heavy atom. The molecule has 0 unspecified atom stereocenters. The number of alkyl halides is 1. The summed E-state index contributed by atoms with van der Waals surface area (Å²) in [7, 11) is 1.68. The van der Waals surface area contributed by atoms with Crippen molar-refractivity contribution in [3.63, 3.8) is 0 Å². The quantitative estimate of drug-likeness (QED) is 0.507. The second-order valence-corrected chi connectivity index (χ2v) is 4.94. The third kappa shape index (κ3) is 6.40. The van der Waals surface area contributed by atoms with Crippen molar-refractivity contribution in [1.82, 2.24) is 0 Å². The summed E-state index contributed by atoms with van der Waals surface area (Å²) in [6, 6.07) is 16.4. The largest absolute Gasteiger partial charge is 0.497 e. The third-order valence-electron chi connectivity index (χ3n) is 3.04. The Morgan fingerprint density at radius 3 is 1.77 bits per heavy atom. The lowest BCUT2D eigenvalue weighted by Gasteiger charge is -2.07. The van der Waals surface area contributed by atoms with Gasteiger partial charge in [-0.15, -0.1) is 11.6 Å². The summed E-state index contributed by atoms with van der Waals surface area (Å²) in [6.07, 6.45) is 1.78. The van der Waals surface area contributed by atoms with E-state index < -0.39 is 0 Å². The van der Waals surface area contributed by atoms with E-state index in [9.17, 15) is 0 Å². The fourth-order valence-electron chi connectivity index (χ4n) is 1.93. The third-order valence-corrected chi connectivity index (χ3v) is 3.30. The minimum absolute atomic E-state index is 0.634. The lowest BCUT2D eigenvalue weighted by atomic mass is 10.0. The van der Waals surface area contributed by atoms with Crippen LogP contribution in [0.5, 0.6) is 11.5 Å². The second kappa shape index (κ2) is 11.0. The van der Waals surface area contributed by atoms with Crippen molar-refractivity contribution in [3.05, 3.63) is 59.7 Å². The van der Waals surface area contributed by atoms with Gasteiger partial charge in [-0.3, -0.25) is 0 Å². The van der Waals surface area contributed by atoms with Crippen molar-refractivity contribution in [3.8, 4) is 11.5 Å². The number of halogens is 1. The van der Waals surface area contributed by atoms with Gasteiger partial charge in [-0.25, -0.2) is 0 Å². The van der Waals surface area contributed by atoms with Crippen LogP contribution in [0.15, 0.2) is 48.5 Å². The first-order valence-electron chi connectivity index (χ1n) is 7.72. The van der Waals surface area contributed by atoms with Crippen LogP contribution in [0.3, 0.4) is 0 Å². The molecule has 0 saturated carbocycles. The minimum Gasteiger partial charge on any atom is -0.497 e. The van der Waals surface area contributed by atoms with Crippen molar-refractivity contribution in [1.29, 1.82) is 0 Å². The van der Waals surface area contributed by atoms with E-state index in [1.807, 2.05) is 38.1 Å². The van der Waals surface area contributed by atoms with Gasteiger partial charge in [0.1, 0.15) is 11.5 Å². The molecule has 0 bridgehead atoms. The van der Waals surface area contributed by atoms with Crippen LogP contribution >= 0.6 is 11.6 Å². The molecular weight excluding hydrogens is 296 g/mol. The fourth-order valence-corrected chi connectivity index (χ4v) is 2.04. The monoisotopic (exact) mass is 320 g/mol. The Hall–Kier alpha value is -1.67. The Bertz CT molecular complexity index is 506. The topological polar surface area (TPSA) is 18.5 Å². The van der Waals surface area contributed by atoms with Crippen molar-refractivity contribution < 1.29 is 9.47 Å². The van der Waals surface area contributed by atoms with Crippen LogP contribution in [0.1, 0.15) is 31.4 Å². The standard InChI is InChI=1S/C17H19ClO2.C2H6/c1-19-16-7-3-14(4-8-16)13-15-5-9-17(10-6-15)20-12-2-11-18;1-2/h3-10H,2,11-13H2,1H3;1-2H3. The zero-order valence-corrected chi connectivity index (χ0v) is 14.4. The highest BCUT2D eigenvalue weighted by Gasteiger charge is 1.99. The van der Waals surface area contributed by atoms with Gasteiger partial charge in [0.25, 0.3) is 0 Å². The van der Waals surface area contributed by atoms with Crippen molar-refractivity contribution in [2.75, 3.05) is 19.6 Å². The molecule has 0 N–H and O–H groups in total. The van der Waals surface area contributed by atoms with E-state index in [1.165, 1.54) is 11.1 Å². The molecular formula is C19H25ClO2. The van der Waals surface area contributed by atoms with Crippen LogP contribution in [-0.2, 0) is 6.42 Å². The molecule has 2 rings (SSSR count). The van der Waals surface area contributed by atoms with E-state index in [0.29, 0.717) is 12.5 Å². The van der Waals surface area contributed by atoms with Gasteiger partial charge in [-0.05, 0) is 48.2 Å². The normalized spacial score (nSPS) is 9.64. The second-order valence-electron chi connectivity index (χ2n) is 4.56. The van der Waals surface area contributed by atoms with Gasteiger partial charge in [0.15, 0.2) is 0 Å². The van der Waals surface area contributed by atoms with Crippen LogP contribution in [0.25, 0.3) is 0 Å². The number of methoxy groups -OCH3 is 1. The number of hydrogen-bond acceptors (Lipinski definition) is 2. The van der Waals surface area contributed by atoms with Gasteiger partial charge in [0, 0.05) is 5.88 Å². The number of benzene rings is 2. The molecule has 0 aliphatic carbocycles. The molecule has 0 radical (unpaired) electrons. The highest BCUT2D eigenvalue weighted by molar-refractivity contribution is 6.17. The molecule has 2 aromatic carbocycles. The number of ether oxygens (including phenoxy) is 2. The molecule has 120 valence electrons. The predicted molar refractivity (Wildman–Crippen MR) is 94.4 cm³/mol. The molecule has 0 aliphatic heterocycles. The van der Waals surface area contributed by atoms with E-state index >= 15 is 0 Å². The Labute approximate surface area is 139 Å². The summed E-state index contributed by atoms with van der Waals surface area (Å²) >= 11 is 5.62. The van der Waals surface area contributed by atoms with Crippen molar-refractivity contribution in [2.24, 2.45) is 0 Å². The first-order chi connectivity index (χ1) is 10.8. The number of hydrogen-bond donors (Lipinski definition) is 0. The summed E-state index contributed by atoms with van der Waals surface area (Å²) < 4.78 is 10.7. The maximum atomic E-state index is 5.62. The van der Waals surface area contributed by atoms with Crippen LogP contribution in [0.2, 0.25) is 0 Å². The lowest BCUT2D eigenvalue weighted by Crippen LogP contribution is -1.97. The summed E-state index contributed by atoms with van der Waals surface area (Å²) in [4.78, 5) is 0. The highest BCUT2D eigenvalue weighted by atomic mass is 35.5. The summed E-state index contributed by atoms with van der Waals surface area (Å²) in [6.45, 7) is 4.67. The average molecular weight is 321 g/mol. The molecule has 0 aromatic heterocycles. The zero-order chi connectivity index (χ0) is 16.2. The van der Waals surface area contributed by atoms with Gasteiger partial charge < -0.3 is 9.47 Å². The zero-order valence-electron chi connectivity index (χ0n) is 13.6. The molecule has 3 heteroatoms. The first-order valence-corrected chi connectivity index (χ1v) is 8.26. The summed E-state index contributed by atoms with van der Waals surface area (Å²) in [5, 5.41) is 0. The van der Waals surface area contributed by atoms with Crippen LogP contribution in [0, 0.1) is 0 Å². The Kier molecular flexibility index (Phi) is 9.17. The average Bonchev–Trinajstić information content (AvgIpc) is 2.59. The molecule has 0 fully saturated rings. The smallest absolute Gasteiger partial charge is 0.119 e. The molecule has 2 nitrogen and oxygen atoms in total. The van der Waals surface area contributed by atoms with Gasteiger partial charge in [-0.2, -0.15) is 0 Å². The highest BCUT2D eigenvalue weighted by Crippen LogP contribution is 2.17. The Morgan fingerprint density at radius 2 is 1.32 bits per heavy atom. The SMILES string of the molecule is CC.COc1ccc(Cc2ccc(OCCCCl)cc2)cc1. The first kappa shape index (κ1) is 18.4. The summed E-state index contributed by atoms with van der Waals surface area (Å²) in [5.41, 5.74) is 2.53. The molecule has 0 amide bonds. The van der Waals surface area contributed by atoms with Crippen LogP contribution in [-0.4, -0.2) is 19.6 Å². The Balaban J connectivity index is 0.00000116. The fraction of sp³-hybridized carbons (Fsp3) is 0.368. The molecule has 0 saturated heterocycles. The van der Waals surface area contributed by atoms with Gasteiger partial charge in [0.05, 0.1) is 13.7 Å². The van der Waals surface area contributed by atoms with E-state index in [0.717, 1.165) is 24.3 Å². The molecule has 0 atom stereocenters. The van der Waals surface area contributed by atoms with Crippen LogP contribution < -0.4 is 9.47 Å². The van der Waals surface area contributed by atoms with E-state index in [-0.39, 0.29) is 0 Å². The van der Waals surface area contributed by atoms with E-state index in [2.05, 4.69) is 24.3 Å². The molecule has 22 heavy (non-hydrogen) atoms. The predicted octanol–water partition coefficient (Wildman–Crippen LogP) is 5.32. The van der Waals surface area contributed by atoms with Gasteiger partial charge in [0.2, 0.25) is 0 Å². The van der Waals surface area contributed by atoms with E-state index in [1.54, 1.807) is 7.11 Å². The summed E-state index contributed by atoms with van der Waals surface area (Å²) in [5.74, 6) is 2.42. The van der Waals surface area contributed by atoms with Crippen molar-refractivity contribution >= 4 is 11.6 Å². The van der Waals surface area contributed by atoms with Crippen LogP contribution in [0.4, 0.5) is 0 Å². The van der Waals surface area contributed by atoms with E-state index in [4.69, 9.17) is 21.1 Å². The van der Waals surface area contributed by atoms with Gasteiger partial charge >= 0.3 is 0 Å². The molecule has 0 aliphatic rings. The molecule has 2 aromatic rings. The molecule has 0 spiro atoms. The molecule has 0 heterocycles. The lowest BCUT2D eigenvalue weighted by molar-refractivity contribution is 0.318. The maximum Gasteiger partial charge on any atom is 0.119 e. The maximum absolute atomic E-state index is 5.62. The van der Waals surface area contributed by atoms with Crippen molar-refractivity contribution in [2.45, 2.75) is 26.7 Å². The number of rotatable bonds is 7. The van der Waals surface area contributed by atoms with Gasteiger partial charge in [-0.1, -0.05) is 38.1 Å².